The fourth-order valence-electron chi connectivity index (χ4n) is 4.27. The molecule has 0 aromatic heterocycles. The average molecular weight is 402 g/mol. The molecule has 1 aromatic rings. The van der Waals surface area contributed by atoms with Crippen molar-refractivity contribution in [2.45, 2.75) is 32.0 Å². The summed E-state index contributed by atoms with van der Waals surface area (Å²) < 4.78 is 31.0. The number of nitrogens with zero attached hydrogens (tertiary/aromatic N) is 1. The Morgan fingerprint density at radius 3 is 2.33 bits per heavy atom. The summed E-state index contributed by atoms with van der Waals surface area (Å²) in [6.45, 7) is 1.75. The maximum atomic E-state index is 14.3. The fourth-order valence-corrected chi connectivity index (χ4v) is 4.75. The first kappa shape index (κ1) is 18.0. The molecule has 1 aromatic carbocycles. The summed E-state index contributed by atoms with van der Waals surface area (Å²) in [5.74, 6) is 0.943. The van der Waals surface area contributed by atoms with Crippen molar-refractivity contribution in [2.24, 2.45) is 11.3 Å². The van der Waals surface area contributed by atoms with Gasteiger partial charge in [-0.15, -0.1) is 0 Å². The summed E-state index contributed by atoms with van der Waals surface area (Å²) in [5, 5.41) is 0. The van der Waals surface area contributed by atoms with Crippen molar-refractivity contribution in [3.8, 4) is 5.75 Å². The van der Waals surface area contributed by atoms with E-state index in [4.69, 9.17) is 14.2 Å². The van der Waals surface area contributed by atoms with Crippen molar-refractivity contribution in [3.05, 3.63) is 22.4 Å². The van der Waals surface area contributed by atoms with E-state index in [1.165, 1.54) is 6.07 Å². The van der Waals surface area contributed by atoms with E-state index in [2.05, 4.69) is 20.8 Å². The molecule has 4 nitrogen and oxygen atoms in total. The second-order valence-corrected chi connectivity index (χ2v) is 7.79. The lowest BCUT2D eigenvalue weighted by atomic mass is 9.57. The predicted octanol–water partition coefficient (Wildman–Crippen LogP) is 4.21. The van der Waals surface area contributed by atoms with Gasteiger partial charge in [-0.25, -0.2) is 4.39 Å². The SMILES string of the molecule is COc1cc(N2CCC3(CC2)CC(C(OC)OC)C3)c(F)cc1Br. The van der Waals surface area contributed by atoms with Gasteiger partial charge in [0.05, 0.1) is 17.3 Å². The van der Waals surface area contributed by atoms with Crippen molar-refractivity contribution in [2.75, 3.05) is 39.3 Å². The van der Waals surface area contributed by atoms with E-state index in [1.807, 2.05) is 0 Å². The topological polar surface area (TPSA) is 30.9 Å². The Morgan fingerprint density at radius 2 is 1.79 bits per heavy atom. The minimum absolute atomic E-state index is 0.0955. The van der Waals surface area contributed by atoms with Crippen LogP contribution in [0.3, 0.4) is 0 Å². The van der Waals surface area contributed by atoms with Crippen LogP contribution in [0.1, 0.15) is 25.7 Å². The number of methoxy groups -OCH3 is 3. The molecule has 0 radical (unpaired) electrons. The second-order valence-electron chi connectivity index (χ2n) is 6.93. The van der Waals surface area contributed by atoms with Gasteiger partial charge in [0.25, 0.3) is 0 Å². The van der Waals surface area contributed by atoms with Gasteiger partial charge in [-0.05, 0) is 53.1 Å². The molecule has 0 amide bonds. The number of rotatable bonds is 5. The zero-order valence-electron chi connectivity index (χ0n) is 14.5. The van der Waals surface area contributed by atoms with Crippen LogP contribution in [0.5, 0.6) is 5.75 Å². The highest BCUT2D eigenvalue weighted by atomic mass is 79.9. The molecule has 0 N–H and O–H groups in total. The highest BCUT2D eigenvalue weighted by Gasteiger charge is 2.48. The summed E-state index contributed by atoms with van der Waals surface area (Å²) in [6.07, 6.45) is 4.35. The van der Waals surface area contributed by atoms with Crippen LogP contribution < -0.4 is 9.64 Å². The van der Waals surface area contributed by atoms with Crippen molar-refractivity contribution in [3.63, 3.8) is 0 Å². The summed E-state index contributed by atoms with van der Waals surface area (Å²) in [7, 11) is 5.00. The summed E-state index contributed by atoms with van der Waals surface area (Å²) >= 11 is 3.33. The monoisotopic (exact) mass is 401 g/mol. The Hall–Kier alpha value is -0.850. The van der Waals surface area contributed by atoms with Crippen LogP contribution >= 0.6 is 15.9 Å². The molecule has 1 spiro atoms. The molecule has 0 atom stereocenters. The van der Waals surface area contributed by atoms with Crippen LogP contribution in [0.15, 0.2) is 16.6 Å². The number of anilines is 1. The van der Waals surface area contributed by atoms with Crippen molar-refractivity contribution < 1.29 is 18.6 Å². The van der Waals surface area contributed by atoms with Gasteiger partial charge in [0, 0.05) is 39.3 Å². The van der Waals surface area contributed by atoms with Crippen LogP contribution in [-0.4, -0.2) is 40.7 Å². The number of halogens is 2. The second kappa shape index (κ2) is 7.18. The first-order chi connectivity index (χ1) is 11.5. The molecule has 0 bridgehead atoms. The maximum Gasteiger partial charge on any atom is 0.159 e. The van der Waals surface area contributed by atoms with E-state index < -0.39 is 0 Å². The molecule has 2 fully saturated rings. The zero-order valence-corrected chi connectivity index (χ0v) is 16.1. The van der Waals surface area contributed by atoms with Gasteiger partial charge >= 0.3 is 0 Å². The van der Waals surface area contributed by atoms with E-state index in [-0.39, 0.29) is 12.1 Å². The van der Waals surface area contributed by atoms with Crippen LogP contribution in [0.2, 0.25) is 0 Å². The number of ether oxygens (including phenoxy) is 3. The van der Waals surface area contributed by atoms with Gasteiger partial charge in [0.1, 0.15) is 11.6 Å². The lowest BCUT2D eigenvalue weighted by Gasteiger charge is -2.54. The first-order valence-corrected chi connectivity index (χ1v) is 9.15. The third-order valence-corrected chi connectivity index (χ3v) is 6.25. The van der Waals surface area contributed by atoms with E-state index >= 15 is 0 Å². The van der Waals surface area contributed by atoms with Gasteiger partial charge in [-0.3, -0.25) is 0 Å². The lowest BCUT2D eigenvalue weighted by Crippen LogP contribution is -2.50. The van der Waals surface area contributed by atoms with Gasteiger partial charge in [-0.2, -0.15) is 0 Å². The standard InChI is InChI=1S/C18H25BrFNO3/c1-22-16-9-15(14(20)8-13(16)19)21-6-4-18(5-7-21)10-12(11-18)17(23-2)24-3/h8-9,12,17H,4-7,10-11H2,1-3H3. The van der Waals surface area contributed by atoms with E-state index in [0.717, 1.165) is 38.8 Å². The highest BCUT2D eigenvalue weighted by molar-refractivity contribution is 9.10. The Balaban J connectivity index is 1.62. The maximum absolute atomic E-state index is 14.3. The number of hydrogen-bond donors (Lipinski definition) is 0. The Bertz CT molecular complexity index is 578. The molecule has 3 rings (SSSR count). The Kier molecular flexibility index (Phi) is 5.37. The molecular weight excluding hydrogens is 377 g/mol. The number of hydrogen-bond acceptors (Lipinski definition) is 4. The first-order valence-electron chi connectivity index (χ1n) is 8.35. The minimum Gasteiger partial charge on any atom is -0.495 e. The summed E-state index contributed by atoms with van der Waals surface area (Å²) in [4.78, 5) is 2.13. The van der Waals surface area contributed by atoms with E-state index in [0.29, 0.717) is 27.2 Å². The predicted molar refractivity (Wildman–Crippen MR) is 95.1 cm³/mol. The quantitative estimate of drug-likeness (QED) is 0.691. The van der Waals surface area contributed by atoms with Crippen LogP contribution in [0.4, 0.5) is 10.1 Å². The van der Waals surface area contributed by atoms with Crippen molar-refractivity contribution in [1.29, 1.82) is 0 Å². The van der Waals surface area contributed by atoms with E-state index in [9.17, 15) is 4.39 Å². The minimum atomic E-state index is -0.205. The largest absolute Gasteiger partial charge is 0.495 e. The molecule has 1 aliphatic heterocycles. The van der Waals surface area contributed by atoms with Gasteiger partial charge in [0.15, 0.2) is 6.29 Å². The third-order valence-electron chi connectivity index (χ3n) is 5.63. The molecule has 24 heavy (non-hydrogen) atoms. The molecule has 2 aliphatic rings. The molecule has 134 valence electrons. The van der Waals surface area contributed by atoms with Gasteiger partial charge in [-0.1, -0.05) is 0 Å². The molecular formula is C18H25BrFNO3. The third kappa shape index (κ3) is 3.28. The zero-order chi connectivity index (χ0) is 17.3. The number of benzene rings is 1. The molecule has 1 heterocycles. The normalized spacial score (nSPS) is 20.5. The Labute approximate surface area is 151 Å². The molecule has 1 saturated heterocycles. The van der Waals surface area contributed by atoms with Crippen LogP contribution in [0.25, 0.3) is 0 Å². The molecule has 1 aliphatic carbocycles. The Morgan fingerprint density at radius 1 is 1.17 bits per heavy atom. The van der Waals surface area contributed by atoms with Crippen LogP contribution in [0, 0.1) is 17.2 Å². The molecule has 0 unspecified atom stereocenters. The van der Waals surface area contributed by atoms with Crippen LogP contribution in [-0.2, 0) is 9.47 Å². The van der Waals surface area contributed by atoms with Gasteiger partial charge < -0.3 is 19.1 Å². The van der Waals surface area contributed by atoms with Crippen molar-refractivity contribution in [1.82, 2.24) is 0 Å². The molecule has 6 heteroatoms. The summed E-state index contributed by atoms with van der Waals surface area (Å²) in [5.41, 5.74) is 1.01. The molecule has 1 saturated carbocycles. The van der Waals surface area contributed by atoms with E-state index in [1.54, 1.807) is 27.4 Å². The average Bonchev–Trinajstić information content (AvgIpc) is 2.55. The number of piperidine rings is 1. The van der Waals surface area contributed by atoms with Crippen molar-refractivity contribution >= 4 is 21.6 Å². The van der Waals surface area contributed by atoms with Gasteiger partial charge in [0.2, 0.25) is 0 Å². The summed E-state index contributed by atoms with van der Waals surface area (Å²) in [6, 6.07) is 3.27. The fraction of sp³-hybridized carbons (Fsp3) is 0.667. The lowest BCUT2D eigenvalue weighted by molar-refractivity contribution is -0.184. The highest BCUT2D eigenvalue weighted by Crippen LogP contribution is 2.54. The smallest absolute Gasteiger partial charge is 0.159 e.